The Morgan fingerprint density at radius 1 is 1.32 bits per heavy atom. The van der Waals surface area contributed by atoms with E-state index in [2.05, 4.69) is 25.7 Å². The zero-order valence-corrected chi connectivity index (χ0v) is 17.8. The molecule has 0 spiro atoms. The van der Waals surface area contributed by atoms with E-state index in [4.69, 9.17) is 4.74 Å². The minimum atomic E-state index is -0.691. The molecular formula is C20H25N7O4. The summed E-state index contributed by atoms with van der Waals surface area (Å²) in [5.41, 5.74) is -0.898. The first-order chi connectivity index (χ1) is 14.7. The molecule has 4 rings (SSSR count). The van der Waals surface area contributed by atoms with Crippen LogP contribution in [0.4, 0.5) is 11.6 Å². The van der Waals surface area contributed by atoms with Crippen molar-refractivity contribution in [1.82, 2.24) is 29.5 Å². The number of hydrogen-bond acceptors (Lipinski definition) is 8. The minimum absolute atomic E-state index is 0.0423. The fourth-order valence-corrected chi connectivity index (χ4v) is 3.17. The van der Waals surface area contributed by atoms with Crippen molar-refractivity contribution < 1.29 is 14.6 Å². The Morgan fingerprint density at radius 3 is 2.71 bits per heavy atom. The molecule has 11 nitrogen and oxygen atoms in total. The van der Waals surface area contributed by atoms with Gasteiger partial charge in [0.2, 0.25) is 5.88 Å². The van der Waals surface area contributed by atoms with Crippen molar-refractivity contribution in [2.45, 2.75) is 46.2 Å². The largest absolute Gasteiger partial charge is 0.494 e. The lowest BCUT2D eigenvalue weighted by molar-refractivity contribution is 0.0944. The summed E-state index contributed by atoms with van der Waals surface area (Å²) in [6.45, 7) is 6.34. The summed E-state index contributed by atoms with van der Waals surface area (Å²) >= 11 is 0. The van der Waals surface area contributed by atoms with E-state index < -0.39 is 11.5 Å². The topological polar surface area (TPSA) is 136 Å². The Balaban J connectivity index is 1.83. The minimum Gasteiger partial charge on any atom is -0.494 e. The SMILES string of the molecule is COc1nccc(Nc2cc3n(CC(C)(C)C)c(O)c(C(=O)NC4CC4)c(=O)n3n2)n1. The molecule has 0 radical (unpaired) electrons. The molecule has 31 heavy (non-hydrogen) atoms. The molecule has 1 aliphatic carbocycles. The number of rotatable bonds is 6. The highest BCUT2D eigenvalue weighted by atomic mass is 16.5. The number of hydrogen-bond donors (Lipinski definition) is 3. The van der Waals surface area contributed by atoms with Gasteiger partial charge in [-0.1, -0.05) is 20.8 Å². The first kappa shape index (κ1) is 20.6. The summed E-state index contributed by atoms with van der Waals surface area (Å²) in [6, 6.07) is 3.46. The van der Waals surface area contributed by atoms with Crippen LogP contribution in [0.1, 0.15) is 44.0 Å². The smallest absolute Gasteiger partial charge is 0.318 e. The van der Waals surface area contributed by atoms with E-state index in [-0.39, 0.29) is 28.9 Å². The number of amides is 1. The van der Waals surface area contributed by atoms with Gasteiger partial charge in [-0.25, -0.2) is 4.98 Å². The molecule has 0 atom stereocenters. The Morgan fingerprint density at radius 2 is 2.06 bits per heavy atom. The third-order valence-electron chi connectivity index (χ3n) is 4.70. The number of fused-ring (bicyclic) bond motifs is 1. The van der Waals surface area contributed by atoms with Crippen LogP contribution in [0.25, 0.3) is 5.65 Å². The Kier molecular flexibility index (Phi) is 5.03. The van der Waals surface area contributed by atoms with E-state index in [0.29, 0.717) is 23.8 Å². The molecule has 0 unspecified atom stereocenters. The van der Waals surface area contributed by atoms with Crippen LogP contribution in [0.5, 0.6) is 11.9 Å². The van der Waals surface area contributed by atoms with Gasteiger partial charge in [0, 0.05) is 24.8 Å². The standard InChI is InChI=1S/C20H25N7O4/c1-20(2,3)10-26-14-9-13(23-12-7-8-21-19(24-12)31-4)25-27(14)18(30)15(17(26)29)16(28)22-11-5-6-11/h7-9,11,29H,5-6,10H2,1-4H3,(H,22,28)(H,21,23,24,25). The van der Waals surface area contributed by atoms with Crippen molar-refractivity contribution >= 4 is 23.2 Å². The lowest BCUT2D eigenvalue weighted by Crippen LogP contribution is -2.35. The predicted molar refractivity (Wildman–Crippen MR) is 113 cm³/mol. The number of anilines is 2. The molecule has 11 heteroatoms. The summed E-state index contributed by atoms with van der Waals surface area (Å²) in [5, 5.41) is 21.0. The van der Waals surface area contributed by atoms with Gasteiger partial charge in [-0.3, -0.25) is 14.2 Å². The highest BCUT2D eigenvalue weighted by molar-refractivity contribution is 5.96. The van der Waals surface area contributed by atoms with E-state index in [1.165, 1.54) is 17.9 Å². The molecule has 3 N–H and O–H groups in total. The van der Waals surface area contributed by atoms with Crippen molar-refractivity contribution in [1.29, 1.82) is 0 Å². The van der Waals surface area contributed by atoms with Gasteiger partial charge in [0.1, 0.15) is 11.5 Å². The van der Waals surface area contributed by atoms with Crippen molar-refractivity contribution in [3.05, 3.63) is 34.2 Å². The summed E-state index contributed by atoms with van der Waals surface area (Å²) in [6.07, 6.45) is 3.25. The van der Waals surface area contributed by atoms with Crippen LogP contribution >= 0.6 is 0 Å². The second-order valence-electron chi connectivity index (χ2n) is 8.75. The molecule has 0 aliphatic heterocycles. The lowest BCUT2D eigenvalue weighted by Gasteiger charge is -2.23. The van der Waals surface area contributed by atoms with E-state index in [9.17, 15) is 14.7 Å². The second-order valence-corrected chi connectivity index (χ2v) is 8.75. The number of ether oxygens (including phenoxy) is 1. The van der Waals surface area contributed by atoms with Gasteiger partial charge in [0.05, 0.1) is 7.11 Å². The van der Waals surface area contributed by atoms with Gasteiger partial charge in [-0.15, -0.1) is 5.10 Å². The van der Waals surface area contributed by atoms with Crippen molar-refractivity contribution in [3.8, 4) is 11.9 Å². The van der Waals surface area contributed by atoms with Gasteiger partial charge in [-0.2, -0.15) is 9.50 Å². The molecule has 1 saturated carbocycles. The average molecular weight is 427 g/mol. The fraction of sp³-hybridized carbons (Fsp3) is 0.450. The van der Waals surface area contributed by atoms with Gasteiger partial charge in [0.25, 0.3) is 11.5 Å². The monoisotopic (exact) mass is 427 g/mol. The van der Waals surface area contributed by atoms with Crippen molar-refractivity contribution in [2.75, 3.05) is 12.4 Å². The quantitative estimate of drug-likeness (QED) is 0.541. The van der Waals surface area contributed by atoms with E-state index >= 15 is 0 Å². The van der Waals surface area contributed by atoms with Crippen LogP contribution in [0.2, 0.25) is 0 Å². The highest BCUT2D eigenvalue weighted by Gasteiger charge is 2.30. The van der Waals surface area contributed by atoms with Gasteiger partial charge in [0.15, 0.2) is 11.4 Å². The first-order valence-electron chi connectivity index (χ1n) is 9.97. The Bertz CT molecular complexity index is 1200. The highest BCUT2D eigenvalue weighted by Crippen LogP contribution is 2.27. The molecule has 1 fully saturated rings. The first-order valence-corrected chi connectivity index (χ1v) is 9.97. The Labute approximate surface area is 178 Å². The number of nitrogens with zero attached hydrogens (tertiary/aromatic N) is 5. The summed E-state index contributed by atoms with van der Waals surface area (Å²) in [4.78, 5) is 33.9. The van der Waals surface area contributed by atoms with Crippen LogP contribution in [-0.2, 0) is 6.54 Å². The number of carbonyl (C=O) groups is 1. The lowest BCUT2D eigenvalue weighted by atomic mass is 9.96. The maximum atomic E-state index is 13.1. The van der Waals surface area contributed by atoms with Crippen molar-refractivity contribution in [3.63, 3.8) is 0 Å². The summed E-state index contributed by atoms with van der Waals surface area (Å²) < 4.78 is 7.67. The van der Waals surface area contributed by atoms with Crippen LogP contribution in [0.3, 0.4) is 0 Å². The molecule has 0 bridgehead atoms. The Hall–Kier alpha value is -3.63. The maximum absolute atomic E-state index is 13.1. The maximum Gasteiger partial charge on any atom is 0.318 e. The van der Waals surface area contributed by atoms with Crippen molar-refractivity contribution in [2.24, 2.45) is 5.41 Å². The van der Waals surface area contributed by atoms with Gasteiger partial charge >= 0.3 is 6.01 Å². The molecule has 164 valence electrons. The number of nitrogens with one attached hydrogen (secondary N) is 2. The summed E-state index contributed by atoms with van der Waals surface area (Å²) in [5.74, 6) is -0.235. The van der Waals surface area contributed by atoms with Gasteiger partial charge < -0.3 is 20.5 Å². The second kappa shape index (κ2) is 7.56. The number of aromatic nitrogens is 5. The van der Waals surface area contributed by atoms with Crippen LogP contribution in [-0.4, -0.2) is 48.3 Å². The average Bonchev–Trinajstić information content (AvgIpc) is 3.41. The van der Waals surface area contributed by atoms with E-state index in [1.807, 2.05) is 20.8 Å². The molecule has 0 aromatic carbocycles. The van der Waals surface area contributed by atoms with E-state index in [1.54, 1.807) is 12.1 Å². The summed E-state index contributed by atoms with van der Waals surface area (Å²) in [7, 11) is 1.46. The molecule has 1 amide bonds. The molecule has 3 heterocycles. The normalized spacial score (nSPS) is 13.9. The zero-order valence-electron chi connectivity index (χ0n) is 17.8. The van der Waals surface area contributed by atoms with Crippen LogP contribution < -0.4 is 20.9 Å². The predicted octanol–water partition coefficient (Wildman–Crippen LogP) is 1.68. The third kappa shape index (κ3) is 4.30. The van der Waals surface area contributed by atoms with Crippen LogP contribution in [0, 0.1) is 5.41 Å². The molecule has 3 aromatic rings. The third-order valence-corrected chi connectivity index (χ3v) is 4.70. The van der Waals surface area contributed by atoms with Crippen LogP contribution in [0.15, 0.2) is 23.1 Å². The molecule has 0 saturated heterocycles. The van der Waals surface area contributed by atoms with Gasteiger partial charge in [-0.05, 0) is 24.3 Å². The molecule has 1 aliphatic rings. The number of methoxy groups -OCH3 is 1. The number of carbonyl (C=O) groups excluding carboxylic acids is 1. The fourth-order valence-electron chi connectivity index (χ4n) is 3.17. The molecular weight excluding hydrogens is 402 g/mol. The number of aromatic hydroxyl groups is 1. The van der Waals surface area contributed by atoms with E-state index in [0.717, 1.165) is 17.4 Å². The molecule has 3 aromatic heterocycles. The zero-order chi connectivity index (χ0) is 22.3.